The van der Waals surface area contributed by atoms with Crippen molar-refractivity contribution in [3.05, 3.63) is 36.9 Å². The van der Waals surface area contributed by atoms with Crippen LogP contribution in [0.4, 0.5) is 0 Å². The Bertz CT molecular complexity index is 707. The van der Waals surface area contributed by atoms with E-state index in [4.69, 9.17) is 25.8 Å². The van der Waals surface area contributed by atoms with E-state index in [1.54, 1.807) is 24.3 Å². The standard InChI is InChI=1S/C23H29ClO6/c1-2-21(25)29-16-6-4-3-5-15-28-19-11-13-20(14-12-19)30-23(27)18-9-7-17(8-10-18)22(24)26/h2,11-14,17-18H,1,3-10,15-16H2. The molecule has 0 saturated heterocycles. The minimum absolute atomic E-state index is 0.137. The molecule has 0 bridgehead atoms. The van der Waals surface area contributed by atoms with Crippen LogP contribution < -0.4 is 9.47 Å². The Morgan fingerprint density at radius 2 is 1.47 bits per heavy atom. The normalized spacial score (nSPS) is 18.3. The van der Waals surface area contributed by atoms with E-state index in [2.05, 4.69) is 6.58 Å². The van der Waals surface area contributed by atoms with E-state index in [1.165, 1.54) is 0 Å². The molecule has 0 aromatic heterocycles. The van der Waals surface area contributed by atoms with Gasteiger partial charge < -0.3 is 14.2 Å². The molecule has 0 aliphatic heterocycles. The van der Waals surface area contributed by atoms with Gasteiger partial charge >= 0.3 is 11.9 Å². The van der Waals surface area contributed by atoms with E-state index < -0.39 is 0 Å². The van der Waals surface area contributed by atoms with E-state index in [-0.39, 0.29) is 29.0 Å². The van der Waals surface area contributed by atoms with Crippen molar-refractivity contribution in [3.8, 4) is 11.5 Å². The molecule has 0 radical (unpaired) electrons. The minimum atomic E-state index is -0.386. The molecule has 0 spiro atoms. The number of halogens is 1. The predicted octanol–water partition coefficient (Wildman–Crippen LogP) is 4.83. The van der Waals surface area contributed by atoms with Crippen molar-refractivity contribution in [1.82, 2.24) is 0 Å². The first-order valence-corrected chi connectivity index (χ1v) is 10.8. The fourth-order valence-corrected chi connectivity index (χ4v) is 3.56. The van der Waals surface area contributed by atoms with Gasteiger partial charge in [0.15, 0.2) is 0 Å². The molecule has 164 valence electrons. The van der Waals surface area contributed by atoms with Crippen LogP contribution in [0.1, 0.15) is 51.4 Å². The van der Waals surface area contributed by atoms with Gasteiger partial charge in [-0.15, -0.1) is 0 Å². The van der Waals surface area contributed by atoms with Gasteiger partial charge in [-0.1, -0.05) is 6.58 Å². The highest BCUT2D eigenvalue weighted by Crippen LogP contribution is 2.31. The first kappa shape index (κ1) is 23.9. The molecular formula is C23H29ClO6. The Morgan fingerprint density at radius 1 is 0.900 bits per heavy atom. The number of ether oxygens (including phenoxy) is 3. The molecule has 7 heteroatoms. The molecule has 1 aliphatic carbocycles. The summed E-state index contributed by atoms with van der Waals surface area (Å²) < 4.78 is 16.1. The zero-order chi connectivity index (χ0) is 21.8. The lowest BCUT2D eigenvalue weighted by Crippen LogP contribution is -2.27. The van der Waals surface area contributed by atoms with Gasteiger partial charge in [-0.3, -0.25) is 9.59 Å². The lowest BCUT2D eigenvalue weighted by atomic mass is 9.83. The first-order chi connectivity index (χ1) is 14.5. The van der Waals surface area contributed by atoms with Crippen molar-refractivity contribution < 1.29 is 28.6 Å². The SMILES string of the molecule is C=CC(=O)OCCCCCCOc1ccc(OC(=O)C2CCC(C(=O)Cl)CC2)cc1. The average molecular weight is 437 g/mol. The van der Waals surface area contributed by atoms with Crippen molar-refractivity contribution in [2.75, 3.05) is 13.2 Å². The highest BCUT2D eigenvalue weighted by atomic mass is 35.5. The molecule has 0 N–H and O–H groups in total. The third-order valence-corrected chi connectivity index (χ3v) is 5.45. The van der Waals surface area contributed by atoms with Crippen LogP contribution in [0.3, 0.4) is 0 Å². The molecule has 2 rings (SSSR count). The van der Waals surface area contributed by atoms with Crippen LogP contribution >= 0.6 is 11.6 Å². The fourth-order valence-electron chi connectivity index (χ4n) is 3.34. The van der Waals surface area contributed by atoms with Crippen LogP contribution in [0.2, 0.25) is 0 Å². The number of esters is 2. The van der Waals surface area contributed by atoms with Gasteiger partial charge in [-0.05, 0) is 87.2 Å². The van der Waals surface area contributed by atoms with Crippen molar-refractivity contribution in [1.29, 1.82) is 0 Å². The largest absolute Gasteiger partial charge is 0.494 e. The summed E-state index contributed by atoms with van der Waals surface area (Å²) in [7, 11) is 0. The maximum atomic E-state index is 12.3. The maximum Gasteiger partial charge on any atom is 0.330 e. The Labute approximate surface area is 182 Å². The Hall–Kier alpha value is -2.34. The number of carbonyl (C=O) groups is 3. The summed E-state index contributed by atoms with van der Waals surface area (Å²) in [5.74, 6) is 0.230. The van der Waals surface area contributed by atoms with Crippen LogP contribution in [0.25, 0.3) is 0 Å². The van der Waals surface area contributed by atoms with Gasteiger partial charge in [0.25, 0.3) is 0 Å². The summed E-state index contributed by atoms with van der Waals surface area (Å²) in [4.78, 5) is 34.4. The molecule has 6 nitrogen and oxygen atoms in total. The Kier molecular flexibility index (Phi) is 10.4. The number of hydrogen-bond acceptors (Lipinski definition) is 6. The maximum absolute atomic E-state index is 12.3. The van der Waals surface area contributed by atoms with Crippen molar-refractivity contribution in [2.24, 2.45) is 11.8 Å². The quantitative estimate of drug-likeness (QED) is 0.153. The fraction of sp³-hybridized carbons (Fsp3) is 0.522. The number of unbranched alkanes of at least 4 members (excludes halogenated alkanes) is 3. The van der Waals surface area contributed by atoms with Gasteiger partial charge in [-0.25, -0.2) is 4.79 Å². The number of rotatable bonds is 12. The average Bonchev–Trinajstić information content (AvgIpc) is 2.76. The summed E-state index contributed by atoms with van der Waals surface area (Å²) in [6.07, 6.45) is 7.35. The molecule has 1 aromatic rings. The predicted molar refractivity (Wildman–Crippen MR) is 114 cm³/mol. The molecule has 1 saturated carbocycles. The molecule has 1 aromatic carbocycles. The van der Waals surface area contributed by atoms with Gasteiger partial charge in [0.1, 0.15) is 11.5 Å². The van der Waals surface area contributed by atoms with Crippen LogP contribution in [0, 0.1) is 11.8 Å². The molecule has 0 unspecified atom stereocenters. The second-order valence-corrected chi connectivity index (χ2v) is 7.75. The van der Waals surface area contributed by atoms with Crippen LogP contribution in [-0.2, 0) is 19.1 Å². The zero-order valence-corrected chi connectivity index (χ0v) is 17.9. The van der Waals surface area contributed by atoms with Crippen molar-refractivity contribution in [3.63, 3.8) is 0 Å². The Morgan fingerprint density at radius 3 is 2.07 bits per heavy atom. The molecule has 1 aliphatic rings. The van der Waals surface area contributed by atoms with Gasteiger partial charge in [0.2, 0.25) is 5.24 Å². The lowest BCUT2D eigenvalue weighted by Gasteiger charge is -2.24. The van der Waals surface area contributed by atoms with E-state index in [0.29, 0.717) is 44.6 Å². The van der Waals surface area contributed by atoms with Gasteiger partial charge in [0, 0.05) is 12.0 Å². The third kappa shape index (κ3) is 8.57. The van der Waals surface area contributed by atoms with E-state index >= 15 is 0 Å². The molecule has 1 fully saturated rings. The van der Waals surface area contributed by atoms with E-state index in [0.717, 1.165) is 37.5 Å². The minimum Gasteiger partial charge on any atom is -0.494 e. The molecule has 0 atom stereocenters. The topological polar surface area (TPSA) is 78.9 Å². The Balaban J connectivity index is 1.59. The summed E-state index contributed by atoms with van der Waals surface area (Å²) in [6, 6.07) is 6.99. The van der Waals surface area contributed by atoms with Gasteiger partial charge in [0.05, 0.1) is 19.1 Å². The zero-order valence-electron chi connectivity index (χ0n) is 17.1. The van der Waals surface area contributed by atoms with Crippen LogP contribution in [0.5, 0.6) is 11.5 Å². The molecule has 30 heavy (non-hydrogen) atoms. The highest BCUT2D eigenvalue weighted by molar-refractivity contribution is 6.63. The second kappa shape index (κ2) is 13.1. The lowest BCUT2D eigenvalue weighted by molar-refractivity contribution is -0.141. The molecule has 0 amide bonds. The van der Waals surface area contributed by atoms with Gasteiger partial charge in [-0.2, -0.15) is 0 Å². The van der Waals surface area contributed by atoms with E-state index in [1.807, 2.05) is 0 Å². The monoisotopic (exact) mass is 436 g/mol. The third-order valence-electron chi connectivity index (χ3n) is 5.14. The number of carbonyl (C=O) groups excluding carboxylic acids is 3. The summed E-state index contributed by atoms with van der Waals surface area (Å²) in [5.41, 5.74) is 0. The molecule has 0 heterocycles. The summed E-state index contributed by atoms with van der Waals surface area (Å²) in [6.45, 7) is 4.35. The van der Waals surface area contributed by atoms with Crippen molar-refractivity contribution >= 4 is 28.8 Å². The summed E-state index contributed by atoms with van der Waals surface area (Å²) in [5, 5.41) is -0.313. The highest BCUT2D eigenvalue weighted by Gasteiger charge is 2.30. The van der Waals surface area contributed by atoms with Crippen LogP contribution in [-0.4, -0.2) is 30.4 Å². The first-order valence-electron chi connectivity index (χ1n) is 10.4. The summed E-state index contributed by atoms with van der Waals surface area (Å²) >= 11 is 5.53. The van der Waals surface area contributed by atoms with Crippen LogP contribution in [0.15, 0.2) is 36.9 Å². The molecular weight excluding hydrogens is 408 g/mol. The second-order valence-electron chi connectivity index (χ2n) is 7.38. The van der Waals surface area contributed by atoms with E-state index in [9.17, 15) is 14.4 Å². The number of hydrogen-bond donors (Lipinski definition) is 0. The smallest absolute Gasteiger partial charge is 0.330 e. The van der Waals surface area contributed by atoms with Crippen molar-refractivity contribution in [2.45, 2.75) is 51.4 Å². The number of benzene rings is 1.